The van der Waals surface area contributed by atoms with Crippen LogP contribution in [0.4, 0.5) is 17.1 Å². The summed E-state index contributed by atoms with van der Waals surface area (Å²) in [5.41, 5.74) is 14.5. The molecule has 0 bridgehead atoms. The lowest BCUT2D eigenvalue weighted by Crippen LogP contribution is -2.32. The molecular weight excluding hydrogens is 747 g/mol. The van der Waals surface area contributed by atoms with E-state index in [4.69, 9.17) is 4.74 Å². The van der Waals surface area contributed by atoms with Crippen LogP contribution >= 0.6 is 11.3 Å². The number of ether oxygens (including phenoxy) is 1. The molecule has 1 aliphatic heterocycles. The molecule has 12 rings (SSSR count). The topological polar surface area (TPSA) is 12.5 Å². The highest BCUT2D eigenvalue weighted by atomic mass is 32.1. The predicted molar refractivity (Wildman–Crippen MR) is 251 cm³/mol. The minimum atomic E-state index is -0.568. The summed E-state index contributed by atoms with van der Waals surface area (Å²) in [7, 11) is 0. The Hall–Kier alpha value is -6.68. The average molecular weight is 790 g/mol. The number of rotatable bonds is 6. The minimum Gasteiger partial charge on any atom is -0.457 e. The van der Waals surface area contributed by atoms with E-state index in [2.05, 4.69) is 206 Å². The highest BCUT2D eigenvalue weighted by Gasteiger charge is 2.51. The number of hydrogen-bond donors (Lipinski definition) is 0. The maximum Gasteiger partial charge on any atom is 0.132 e. The third-order valence-electron chi connectivity index (χ3n) is 13.5. The lowest BCUT2D eigenvalue weighted by Gasteiger charge is -2.40. The van der Waals surface area contributed by atoms with Crippen LogP contribution in [0.5, 0.6) is 11.5 Å². The molecule has 2 aliphatic carbocycles. The molecule has 60 heavy (non-hydrogen) atoms. The first-order valence-corrected chi connectivity index (χ1v) is 22.1. The molecule has 9 aromatic rings. The summed E-state index contributed by atoms with van der Waals surface area (Å²) < 4.78 is 9.42. The summed E-state index contributed by atoms with van der Waals surface area (Å²) in [6, 6.07) is 67.5. The number of aryl methyl sites for hydroxylation is 1. The molecule has 2 nitrogen and oxygen atoms in total. The van der Waals surface area contributed by atoms with Gasteiger partial charge in [-0.15, -0.1) is 11.3 Å². The summed E-state index contributed by atoms with van der Waals surface area (Å²) in [6.07, 6.45) is 8.44. The van der Waals surface area contributed by atoms with Crippen molar-refractivity contribution in [1.82, 2.24) is 0 Å². The van der Waals surface area contributed by atoms with Gasteiger partial charge >= 0.3 is 0 Å². The number of hydrogen-bond acceptors (Lipinski definition) is 3. The Morgan fingerprint density at radius 1 is 0.600 bits per heavy atom. The van der Waals surface area contributed by atoms with Crippen LogP contribution in [0.2, 0.25) is 0 Å². The number of thiophene rings is 1. The van der Waals surface area contributed by atoms with Crippen LogP contribution in [0.25, 0.3) is 31.3 Å². The van der Waals surface area contributed by atoms with Gasteiger partial charge in [-0.2, -0.15) is 0 Å². The van der Waals surface area contributed by atoms with Gasteiger partial charge in [-0.05, 0) is 120 Å². The van der Waals surface area contributed by atoms with Gasteiger partial charge in [0.25, 0.3) is 0 Å². The van der Waals surface area contributed by atoms with Crippen molar-refractivity contribution in [3.8, 4) is 22.6 Å². The van der Waals surface area contributed by atoms with Crippen LogP contribution in [-0.2, 0) is 5.41 Å². The van der Waals surface area contributed by atoms with Crippen molar-refractivity contribution in [2.24, 2.45) is 5.92 Å². The zero-order valence-electron chi connectivity index (χ0n) is 33.5. The molecule has 0 radical (unpaired) electrons. The molecule has 3 aliphatic rings. The summed E-state index contributed by atoms with van der Waals surface area (Å²) in [5.74, 6) is 2.35. The van der Waals surface area contributed by atoms with Gasteiger partial charge in [0.15, 0.2) is 0 Å². The standard InChI is InChI=1S/C57H43NOS/c1-37-54(55(38-19-5-2-6-20-38)39-21-7-3-8-22-39)50(36-45-44-26-12-18-32-53(44)60-56(37)45)58(40-23-9-4-10-24-40)41-33-34-43-42-25-11-13-27-46(42)57(49(43)35-41)47-28-14-16-30-51(47)59-52-31-17-15-29-48(52)57/h2,4-7,9-21,23-36,39,55H,3,8,22H2,1H3. The average Bonchev–Trinajstić information content (AvgIpc) is 3.83. The highest BCUT2D eigenvalue weighted by molar-refractivity contribution is 7.26. The Bertz CT molecular complexity index is 3100. The van der Waals surface area contributed by atoms with Crippen LogP contribution in [-0.4, -0.2) is 0 Å². The molecule has 0 saturated carbocycles. The maximum atomic E-state index is 6.72. The summed E-state index contributed by atoms with van der Waals surface area (Å²) >= 11 is 1.94. The summed E-state index contributed by atoms with van der Waals surface area (Å²) in [5, 5.41) is 2.63. The zero-order valence-corrected chi connectivity index (χ0v) is 34.3. The summed E-state index contributed by atoms with van der Waals surface area (Å²) in [6.45, 7) is 2.40. The molecular formula is C57H43NOS. The molecule has 1 aromatic heterocycles. The Morgan fingerprint density at radius 2 is 1.25 bits per heavy atom. The van der Waals surface area contributed by atoms with Crippen molar-refractivity contribution >= 4 is 48.6 Å². The Morgan fingerprint density at radius 3 is 2.00 bits per heavy atom. The number of benzene rings is 8. The van der Waals surface area contributed by atoms with Crippen LogP contribution in [0.1, 0.15) is 64.1 Å². The minimum absolute atomic E-state index is 0.165. The van der Waals surface area contributed by atoms with Crippen LogP contribution in [0, 0.1) is 12.8 Å². The Balaban J connectivity index is 1.19. The quantitative estimate of drug-likeness (QED) is 0.156. The van der Waals surface area contributed by atoms with E-state index in [9.17, 15) is 0 Å². The zero-order chi connectivity index (χ0) is 39.8. The maximum absolute atomic E-state index is 6.72. The molecule has 0 N–H and O–H groups in total. The van der Waals surface area contributed by atoms with Crippen molar-refractivity contribution < 1.29 is 4.74 Å². The Kier molecular flexibility index (Phi) is 8.21. The van der Waals surface area contributed by atoms with Crippen LogP contribution < -0.4 is 9.64 Å². The number of fused-ring (bicyclic) bond motifs is 12. The van der Waals surface area contributed by atoms with E-state index in [1.54, 1.807) is 0 Å². The van der Waals surface area contributed by atoms with Crippen molar-refractivity contribution in [1.29, 1.82) is 0 Å². The van der Waals surface area contributed by atoms with Gasteiger partial charge in [-0.25, -0.2) is 0 Å². The molecule has 2 atom stereocenters. The first-order chi connectivity index (χ1) is 29.7. The van der Waals surface area contributed by atoms with Crippen molar-refractivity contribution in [3.63, 3.8) is 0 Å². The van der Waals surface area contributed by atoms with E-state index in [-0.39, 0.29) is 5.92 Å². The monoisotopic (exact) mass is 789 g/mol. The fourth-order valence-electron chi connectivity index (χ4n) is 11.0. The SMILES string of the molecule is Cc1c(C(c2ccccc2)C2C=CCCC2)c(N(c2ccccc2)c2ccc3c(c2)C2(c4ccccc4Oc4ccccc42)c2ccccc2-3)cc2c1sc1ccccc12. The molecule has 2 unspecified atom stereocenters. The van der Waals surface area contributed by atoms with E-state index in [1.807, 2.05) is 11.3 Å². The van der Waals surface area contributed by atoms with E-state index >= 15 is 0 Å². The van der Waals surface area contributed by atoms with Gasteiger partial charge in [0, 0.05) is 48.6 Å². The Labute approximate surface area is 355 Å². The van der Waals surface area contributed by atoms with Gasteiger partial charge in [-0.3, -0.25) is 0 Å². The van der Waals surface area contributed by atoms with Crippen molar-refractivity contribution in [2.75, 3.05) is 4.90 Å². The van der Waals surface area contributed by atoms with E-state index in [1.165, 1.54) is 82.4 Å². The third-order valence-corrected chi connectivity index (χ3v) is 14.8. The predicted octanol–water partition coefficient (Wildman–Crippen LogP) is 15.8. The first-order valence-electron chi connectivity index (χ1n) is 21.3. The highest BCUT2D eigenvalue weighted by Crippen LogP contribution is 2.63. The summed E-state index contributed by atoms with van der Waals surface area (Å²) in [4.78, 5) is 2.57. The molecule has 0 fully saturated rings. The molecule has 2 heterocycles. The second-order valence-corrected chi connectivity index (χ2v) is 17.7. The van der Waals surface area contributed by atoms with Gasteiger partial charge in [0.05, 0.1) is 11.1 Å². The van der Waals surface area contributed by atoms with Gasteiger partial charge in [0.2, 0.25) is 0 Å². The second kappa shape index (κ2) is 14.0. The van der Waals surface area contributed by atoms with Crippen molar-refractivity contribution in [2.45, 2.75) is 37.5 Å². The molecule has 3 heteroatoms. The van der Waals surface area contributed by atoms with Gasteiger partial charge in [0.1, 0.15) is 11.5 Å². The smallest absolute Gasteiger partial charge is 0.132 e. The first kappa shape index (κ1) is 35.3. The normalized spacial score (nSPS) is 16.2. The lowest BCUT2D eigenvalue weighted by molar-refractivity contribution is 0.436. The van der Waals surface area contributed by atoms with E-state index in [0.717, 1.165) is 35.7 Å². The van der Waals surface area contributed by atoms with Gasteiger partial charge in [-0.1, -0.05) is 146 Å². The number of anilines is 3. The van der Waals surface area contributed by atoms with Crippen LogP contribution in [0.3, 0.4) is 0 Å². The fourth-order valence-corrected chi connectivity index (χ4v) is 12.2. The van der Waals surface area contributed by atoms with Crippen molar-refractivity contribution in [3.05, 3.63) is 233 Å². The molecule has 0 saturated heterocycles. The van der Waals surface area contributed by atoms with E-state index in [0.29, 0.717) is 5.92 Å². The van der Waals surface area contributed by atoms with E-state index < -0.39 is 5.41 Å². The number of nitrogens with zero attached hydrogens (tertiary/aromatic N) is 1. The molecule has 288 valence electrons. The fraction of sp³-hybridized carbons (Fsp3) is 0.123. The second-order valence-electron chi connectivity index (χ2n) is 16.6. The molecule has 8 aromatic carbocycles. The van der Waals surface area contributed by atoms with Gasteiger partial charge < -0.3 is 9.64 Å². The molecule has 0 amide bonds. The lowest BCUT2D eigenvalue weighted by atomic mass is 9.66. The third kappa shape index (κ3) is 5.18. The largest absolute Gasteiger partial charge is 0.457 e. The number of allylic oxidation sites excluding steroid dienone is 2. The molecule has 1 spiro atoms. The van der Waals surface area contributed by atoms with Crippen LogP contribution in [0.15, 0.2) is 194 Å². The number of para-hydroxylation sites is 3.